The molecule has 0 aliphatic rings. The van der Waals surface area contributed by atoms with E-state index in [1.54, 1.807) is 6.08 Å². The van der Waals surface area contributed by atoms with Crippen LogP contribution in [0.4, 0.5) is 0 Å². The number of benzene rings is 1. The van der Waals surface area contributed by atoms with E-state index in [1.165, 1.54) is 13.2 Å². The fraction of sp³-hybridized carbons (Fsp3) is 0.100. The first-order valence-electron chi connectivity index (χ1n) is 3.64. The van der Waals surface area contributed by atoms with Crippen LogP contribution in [0.5, 0.6) is 0 Å². The molecule has 0 aromatic heterocycles. The summed E-state index contributed by atoms with van der Waals surface area (Å²) in [4.78, 5) is 10.7. The van der Waals surface area contributed by atoms with Crippen LogP contribution in [-0.2, 0) is 9.53 Å². The zero-order valence-corrected chi connectivity index (χ0v) is 6.86. The highest BCUT2D eigenvalue weighted by Gasteiger charge is 1.89. The molecule has 0 radical (unpaired) electrons. The number of methoxy groups -OCH3 is 1. The van der Waals surface area contributed by atoms with E-state index >= 15 is 0 Å². The summed E-state index contributed by atoms with van der Waals surface area (Å²) >= 11 is 0. The Morgan fingerprint density at radius 1 is 1.42 bits per heavy atom. The van der Waals surface area contributed by atoms with Crippen molar-refractivity contribution in [3.05, 3.63) is 42.0 Å². The van der Waals surface area contributed by atoms with Gasteiger partial charge >= 0.3 is 7.40 Å². The van der Waals surface area contributed by atoms with Gasteiger partial charge in [0.15, 0.2) is 0 Å². The number of ether oxygens (including phenoxy) is 1. The molecule has 0 unspecified atom stereocenters. The number of hydrogen-bond donors (Lipinski definition) is 0. The Balaban J connectivity index is 0.00000144. The van der Waals surface area contributed by atoms with Gasteiger partial charge in [-0.25, -0.2) is 4.79 Å². The van der Waals surface area contributed by atoms with Crippen LogP contribution < -0.4 is 0 Å². The molecule has 2 nitrogen and oxygen atoms in total. The first kappa shape index (κ1) is 8.53. The molecule has 62 valence electrons. The number of hydrogen-bond acceptors (Lipinski definition) is 2. The quantitative estimate of drug-likeness (QED) is 0.492. The minimum Gasteiger partial charge on any atom is -0.466 e. The molecule has 0 atom stereocenters. The van der Waals surface area contributed by atoms with Crippen LogP contribution in [0.25, 0.3) is 6.08 Å². The second kappa shape index (κ2) is 4.34. The molecule has 0 spiro atoms. The summed E-state index contributed by atoms with van der Waals surface area (Å²) in [6.45, 7) is 0. The molecule has 2 heteroatoms. The van der Waals surface area contributed by atoms with Gasteiger partial charge in [-0.05, 0) is 11.6 Å². The van der Waals surface area contributed by atoms with Gasteiger partial charge < -0.3 is 4.74 Å². The third-order valence-electron chi connectivity index (χ3n) is 1.41. The van der Waals surface area contributed by atoms with E-state index in [0.29, 0.717) is 0 Å². The van der Waals surface area contributed by atoms with E-state index in [0.717, 1.165) is 5.56 Å². The summed E-state index contributed by atoms with van der Waals surface area (Å²) in [5.74, 6) is -0.334. The van der Waals surface area contributed by atoms with E-state index in [2.05, 4.69) is 4.74 Å². The summed E-state index contributed by atoms with van der Waals surface area (Å²) < 4.78 is 4.45. The molecule has 1 aromatic rings. The molecule has 0 aliphatic heterocycles. The SMILES string of the molecule is COC(=O)/C=C/c1ccccc1.[H+]. The molecule has 0 saturated heterocycles. The van der Waals surface area contributed by atoms with Crippen molar-refractivity contribution in [3.63, 3.8) is 0 Å². The number of carbonyl (C=O) groups is 1. The molecule has 0 bridgehead atoms. The lowest BCUT2D eigenvalue weighted by atomic mass is 10.2. The Kier molecular flexibility index (Phi) is 3.08. The van der Waals surface area contributed by atoms with Crippen LogP contribution in [0, 0.1) is 0 Å². The molecule has 12 heavy (non-hydrogen) atoms. The van der Waals surface area contributed by atoms with Crippen LogP contribution in [-0.4, -0.2) is 13.1 Å². The van der Waals surface area contributed by atoms with Gasteiger partial charge in [-0.2, -0.15) is 0 Å². The molecule has 0 heterocycles. The Morgan fingerprint density at radius 3 is 2.67 bits per heavy atom. The predicted molar refractivity (Wildman–Crippen MR) is 48.6 cm³/mol. The number of esters is 1. The van der Waals surface area contributed by atoms with E-state index in [4.69, 9.17) is 0 Å². The average molecular weight is 163 g/mol. The summed E-state index contributed by atoms with van der Waals surface area (Å²) in [5.41, 5.74) is 0.989. The van der Waals surface area contributed by atoms with E-state index in [9.17, 15) is 4.79 Å². The summed E-state index contributed by atoms with van der Waals surface area (Å²) in [6, 6.07) is 9.59. The zero-order chi connectivity index (χ0) is 8.81. The lowest BCUT2D eigenvalue weighted by Crippen LogP contribution is -1.92. The fourth-order valence-electron chi connectivity index (χ4n) is 0.796. The lowest BCUT2D eigenvalue weighted by molar-refractivity contribution is -0.134. The third kappa shape index (κ3) is 2.58. The van der Waals surface area contributed by atoms with Crippen molar-refractivity contribution in [1.29, 1.82) is 0 Å². The fourth-order valence-corrected chi connectivity index (χ4v) is 0.796. The van der Waals surface area contributed by atoms with E-state index in [1.807, 2.05) is 30.3 Å². The van der Waals surface area contributed by atoms with Crippen LogP contribution in [0.15, 0.2) is 36.4 Å². The molecule has 0 aliphatic carbocycles. The van der Waals surface area contributed by atoms with Crippen molar-refractivity contribution >= 4 is 12.0 Å². The van der Waals surface area contributed by atoms with Gasteiger partial charge in [-0.1, -0.05) is 30.3 Å². The van der Waals surface area contributed by atoms with Gasteiger partial charge in [0.05, 0.1) is 7.11 Å². The molecular formula is C10H11O2+. The highest BCUT2D eigenvalue weighted by atomic mass is 16.5. The first-order valence-corrected chi connectivity index (χ1v) is 3.64. The van der Waals surface area contributed by atoms with Gasteiger partial charge in [0.1, 0.15) is 0 Å². The minimum atomic E-state index is -0.334. The maximum atomic E-state index is 10.7. The van der Waals surface area contributed by atoms with Gasteiger partial charge in [0.25, 0.3) is 0 Å². The third-order valence-corrected chi connectivity index (χ3v) is 1.41. The van der Waals surface area contributed by atoms with Gasteiger partial charge in [0.2, 0.25) is 0 Å². The predicted octanol–water partition coefficient (Wildman–Crippen LogP) is 1.99. The van der Waals surface area contributed by atoms with Crippen molar-refractivity contribution in [3.8, 4) is 0 Å². The average Bonchev–Trinajstić information content (AvgIpc) is 2.16. The highest BCUT2D eigenvalue weighted by Crippen LogP contribution is 2.00. The van der Waals surface area contributed by atoms with E-state index < -0.39 is 0 Å². The minimum absolute atomic E-state index is 0. The van der Waals surface area contributed by atoms with Crippen LogP contribution in [0.3, 0.4) is 0 Å². The Labute approximate surface area is 73.0 Å². The molecule has 1 aromatic carbocycles. The Morgan fingerprint density at radius 2 is 2.08 bits per heavy atom. The van der Waals surface area contributed by atoms with Gasteiger partial charge in [-0.15, -0.1) is 0 Å². The Bertz CT molecular complexity index is 280. The summed E-state index contributed by atoms with van der Waals surface area (Å²) in [5, 5.41) is 0. The van der Waals surface area contributed by atoms with E-state index in [-0.39, 0.29) is 7.40 Å². The molecule has 0 amide bonds. The smallest absolute Gasteiger partial charge is 0.466 e. The van der Waals surface area contributed by atoms with Crippen molar-refractivity contribution in [2.24, 2.45) is 0 Å². The summed E-state index contributed by atoms with van der Waals surface area (Å²) in [7, 11) is 1.36. The van der Waals surface area contributed by atoms with Crippen LogP contribution >= 0.6 is 0 Å². The van der Waals surface area contributed by atoms with Crippen molar-refractivity contribution in [2.45, 2.75) is 0 Å². The molecule has 0 saturated carbocycles. The normalized spacial score (nSPS) is 10.1. The number of carbonyl (C=O) groups excluding carboxylic acids is 1. The van der Waals surface area contributed by atoms with Crippen molar-refractivity contribution < 1.29 is 11.0 Å². The Hall–Kier alpha value is -1.57. The summed E-state index contributed by atoms with van der Waals surface area (Å²) in [6.07, 6.45) is 3.11. The van der Waals surface area contributed by atoms with Gasteiger partial charge in [0, 0.05) is 6.08 Å². The van der Waals surface area contributed by atoms with Crippen LogP contribution in [0.2, 0.25) is 0 Å². The molecule has 0 fully saturated rings. The highest BCUT2D eigenvalue weighted by molar-refractivity contribution is 5.86. The maximum absolute atomic E-state index is 10.7. The molecule has 0 N–H and O–H groups in total. The maximum Gasteiger partial charge on any atom is 1.00 e. The van der Waals surface area contributed by atoms with Crippen molar-refractivity contribution in [1.82, 2.24) is 0 Å². The topological polar surface area (TPSA) is 26.3 Å². The molecular weight excluding hydrogens is 152 g/mol. The first-order chi connectivity index (χ1) is 5.83. The standard InChI is InChI=1S/C10H10O2/c1-12-10(11)8-7-9-5-3-2-4-6-9/h2-8H,1H3/p+1/b8-7+. The monoisotopic (exact) mass is 163 g/mol. The van der Waals surface area contributed by atoms with Crippen molar-refractivity contribution in [2.75, 3.05) is 7.11 Å². The zero-order valence-electron chi connectivity index (χ0n) is 7.86. The second-order valence-electron chi connectivity index (χ2n) is 2.27. The van der Waals surface area contributed by atoms with Crippen LogP contribution in [0.1, 0.15) is 6.99 Å². The number of rotatable bonds is 2. The largest absolute Gasteiger partial charge is 1.00 e. The molecule has 1 rings (SSSR count). The second-order valence-corrected chi connectivity index (χ2v) is 2.27. The van der Waals surface area contributed by atoms with Gasteiger partial charge in [-0.3, -0.25) is 0 Å². The lowest BCUT2D eigenvalue weighted by Gasteiger charge is -1.91.